The van der Waals surface area contributed by atoms with Gasteiger partial charge in [0, 0.05) is 24.6 Å². The fourth-order valence-electron chi connectivity index (χ4n) is 2.31. The van der Waals surface area contributed by atoms with Gasteiger partial charge < -0.3 is 15.4 Å². The first-order valence-electron chi connectivity index (χ1n) is 6.97. The summed E-state index contributed by atoms with van der Waals surface area (Å²) in [7, 11) is 0. The lowest BCUT2D eigenvalue weighted by Crippen LogP contribution is -2.42. The van der Waals surface area contributed by atoms with Crippen LogP contribution in [0.1, 0.15) is 31.4 Å². The van der Waals surface area contributed by atoms with Crippen LogP contribution in [0.3, 0.4) is 0 Å². The van der Waals surface area contributed by atoms with E-state index in [1.165, 1.54) is 6.07 Å². The van der Waals surface area contributed by atoms with Gasteiger partial charge >= 0.3 is 0 Å². The minimum atomic E-state index is -0.385. The first-order chi connectivity index (χ1) is 9.58. The van der Waals surface area contributed by atoms with Crippen molar-refractivity contribution in [3.05, 3.63) is 35.6 Å². The molecule has 0 spiro atoms. The highest BCUT2D eigenvalue weighted by Crippen LogP contribution is 2.24. The van der Waals surface area contributed by atoms with Crippen molar-refractivity contribution in [2.24, 2.45) is 5.73 Å². The molecule has 0 bridgehead atoms. The number of nitrogens with zero attached hydrogens (tertiary/aromatic N) is 1. The van der Waals surface area contributed by atoms with E-state index in [0.717, 1.165) is 0 Å². The van der Waals surface area contributed by atoms with Crippen LogP contribution in [0, 0.1) is 5.82 Å². The molecular formula is C15H21FN2O2. The van der Waals surface area contributed by atoms with Gasteiger partial charge in [-0.2, -0.15) is 0 Å². The normalized spacial score (nSPS) is 20.8. The van der Waals surface area contributed by atoms with Crippen LogP contribution in [0.25, 0.3) is 0 Å². The fourth-order valence-corrected chi connectivity index (χ4v) is 2.31. The van der Waals surface area contributed by atoms with Crippen molar-refractivity contribution in [1.82, 2.24) is 4.90 Å². The quantitative estimate of drug-likeness (QED) is 0.915. The zero-order valence-electron chi connectivity index (χ0n) is 11.7. The van der Waals surface area contributed by atoms with Crippen molar-refractivity contribution in [3.8, 4) is 0 Å². The monoisotopic (exact) mass is 280 g/mol. The molecule has 1 aromatic rings. The van der Waals surface area contributed by atoms with Gasteiger partial charge in [0.05, 0.1) is 13.2 Å². The van der Waals surface area contributed by atoms with Crippen LogP contribution >= 0.6 is 0 Å². The minimum Gasteiger partial charge on any atom is -0.370 e. The molecule has 1 fully saturated rings. The third-order valence-electron chi connectivity index (χ3n) is 3.48. The molecule has 1 saturated heterocycles. The number of carbonyl (C=O) groups excluding carboxylic acids is 1. The summed E-state index contributed by atoms with van der Waals surface area (Å²) in [5, 5.41) is 0. The van der Waals surface area contributed by atoms with Crippen LogP contribution in [0.15, 0.2) is 24.3 Å². The van der Waals surface area contributed by atoms with Crippen LogP contribution in [-0.2, 0) is 9.53 Å². The van der Waals surface area contributed by atoms with Crippen LogP contribution in [0.2, 0.25) is 0 Å². The second kappa shape index (κ2) is 6.81. The van der Waals surface area contributed by atoms with Gasteiger partial charge in [-0.25, -0.2) is 4.39 Å². The Morgan fingerprint density at radius 3 is 3.00 bits per heavy atom. The number of nitrogens with two attached hydrogens (primary N) is 1. The van der Waals surface area contributed by atoms with Gasteiger partial charge in [-0.15, -0.1) is 0 Å². The largest absolute Gasteiger partial charge is 0.370 e. The van der Waals surface area contributed by atoms with Gasteiger partial charge in [0.1, 0.15) is 11.9 Å². The number of carbonyl (C=O) groups is 1. The average molecular weight is 280 g/mol. The molecule has 1 aliphatic heterocycles. The zero-order valence-corrected chi connectivity index (χ0v) is 11.7. The maximum atomic E-state index is 13.8. The maximum absolute atomic E-state index is 13.8. The standard InChI is InChI=1S/C15H21FN2O2/c1-11(17)6-7-15(19)18-8-9-20-14(10-18)12-4-2-3-5-13(12)16/h2-5,11,14H,6-10,17H2,1H3. The van der Waals surface area contributed by atoms with E-state index in [4.69, 9.17) is 10.5 Å². The van der Waals surface area contributed by atoms with E-state index in [-0.39, 0.29) is 23.9 Å². The Morgan fingerprint density at radius 2 is 2.30 bits per heavy atom. The van der Waals surface area contributed by atoms with Gasteiger partial charge in [-0.3, -0.25) is 4.79 Å². The van der Waals surface area contributed by atoms with E-state index >= 15 is 0 Å². The number of benzene rings is 1. The number of hydrogen-bond donors (Lipinski definition) is 1. The van der Waals surface area contributed by atoms with E-state index in [1.54, 1.807) is 23.1 Å². The highest BCUT2D eigenvalue weighted by atomic mass is 19.1. The first-order valence-corrected chi connectivity index (χ1v) is 6.97. The molecule has 1 aliphatic rings. The summed E-state index contributed by atoms with van der Waals surface area (Å²) in [5.74, 6) is -0.227. The Morgan fingerprint density at radius 1 is 1.55 bits per heavy atom. The Labute approximate surface area is 118 Å². The predicted molar refractivity (Wildman–Crippen MR) is 74.6 cm³/mol. The molecule has 2 atom stereocenters. The van der Waals surface area contributed by atoms with Crippen molar-refractivity contribution in [2.75, 3.05) is 19.7 Å². The SMILES string of the molecule is CC(N)CCC(=O)N1CCOC(c2ccccc2F)C1. The summed E-state index contributed by atoms with van der Waals surface area (Å²) in [5.41, 5.74) is 6.17. The van der Waals surface area contributed by atoms with E-state index < -0.39 is 0 Å². The number of morpholine rings is 1. The van der Waals surface area contributed by atoms with E-state index in [1.807, 2.05) is 6.92 Å². The molecule has 1 aromatic carbocycles. The summed E-state index contributed by atoms with van der Waals surface area (Å²) in [6.07, 6.45) is 0.714. The Bertz CT molecular complexity index is 465. The molecule has 20 heavy (non-hydrogen) atoms. The molecule has 2 rings (SSSR count). The number of amides is 1. The maximum Gasteiger partial charge on any atom is 0.222 e. The molecular weight excluding hydrogens is 259 g/mol. The van der Waals surface area contributed by atoms with Gasteiger partial charge in [-0.05, 0) is 19.4 Å². The lowest BCUT2D eigenvalue weighted by molar-refractivity contribution is -0.139. The zero-order chi connectivity index (χ0) is 14.5. The number of halogens is 1. The van der Waals surface area contributed by atoms with Crippen LogP contribution in [-0.4, -0.2) is 36.5 Å². The topological polar surface area (TPSA) is 55.6 Å². The Balaban J connectivity index is 1.98. The van der Waals surface area contributed by atoms with Crippen molar-refractivity contribution in [1.29, 1.82) is 0 Å². The predicted octanol–water partition coefficient (Wildman–Crippen LogP) is 1.85. The first kappa shape index (κ1) is 14.9. The van der Waals surface area contributed by atoms with E-state index in [9.17, 15) is 9.18 Å². The molecule has 0 aromatic heterocycles. The highest BCUT2D eigenvalue weighted by molar-refractivity contribution is 5.76. The molecule has 2 unspecified atom stereocenters. The Kier molecular flexibility index (Phi) is 5.09. The number of rotatable bonds is 4. The van der Waals surface area contributed by atoms with Gasteiger partial charge in [-0.1, -0.05) is 18.2 Å². The third kappa shape index (κ3) is 3.77. The summed E-state index contributed by atoms with van der Waals surface area (Å²) in [6.45, 7) is 3.28. The molecule has 1 heterocycles. The molecule has 4 nitrogen and oxygen atoms in total. The lowest BCUT2D eigenvalue weighted by Gasteiger charge is -2.33. The lowest BCUT2D eigenvalue weighted by atomic mass is 10.1. The van der Waals surface area contributed by atoms with Crippen molar-refractivity contribution in [3.63, 3.8) is 0 Å². The number of hydrogen-bond acceptors (Lipinski definition) is 3. The minimum absolute atomic E-state index is 0.0161. The van der Waals surface area contributed by atoms with E-state index in [0.29, 0.717) is 38.1 Å². The van der Waals surface area contributed by atoms with Gasteiger partial charge in [0.2, 0.25) is 5.91 Å². The molecule has 0 saturated carbocycles. The molecule has 110 valence electrons. The van der Waals surface area contributed by atoms with Gasteiger partial charge in [0.15, 0.2) is 0 Å². The van der Waals surface area contributed by atoms with Gasteiger partial charge in [0.25, 0.3) is 0 Å². The number of ether oxygens (including phenoxy) is 1. The molecule has 5 heteroatoms. The van der Waals surface area contributed by atoms with E-state index in [2.05, 4.69) is 0 Å². The fraction of sp³-hybridized carbons (Fsp3) is 0.533. The van der Waals surface area contributed by atoms with Crippen LogP contribution in [0.5, 0.6) is 0 Å². The average Bonchev–Trinajstić information content (AvgIpc) is 2.45. The summed E-state index contributed by atoms with van der Waals surface area (Å²) < 4.78 is 19.3. The molecule has 2 N–H and O–H groups in total. The second-order valence-corrected chi connectivity index (χ2v) is 5.24. The molecule has 0 radical (unpaired) electrons. The Hall–Kier alpha value is -1.46. The van der Waals surface area contributed by atoms with Crippen LogP contribution in [0.4, 0.5) is 4.39 Å². The van der Waals surface area contributed by atoms with Crippen molar-refractivity contribution >= 4 is 5.91 Å². The van der Waals surface area contributed by atoms with Crippen LogP contribution < -0.4 is 5.73 Å². The summed E-state index contributed by atoms with van der Waals surface area (Å²) >= 11 is 0. The molecule has 1 amide bonds. The summed E-state index contributed by atoms with van der Waals surface area (Å²) in [6, 6.07) is 6.56. The highest BCUT2D eigenvalue weighted by Gasteiger charge is 2.26. The smallest absolute Gasteiger partial charge is 0.222 e. The molecule has 0 aliphatic carbocycles. The van der Waals surface area contributed by atoms with Crippen molar-refractivity contribution in [2.45, 2.75) is 31.9 Å². The third-order valence-corrected chi connectivity index (χ3v) is 3.48. The second-order valence-electron chi connectivity index (χ2n) is 5.24. The van der Waals surface area contributed by atoms with Crippen molar-refractivity contribution < 1.29 is 13.9 Å². The summed E-state index contributed by atoms with van der Waals surface area (Å²) in [4.78, 5) is 13.8.